The first-order chi connectivity index (χ1) is 11.7. The number of hydrogen-bond acceptors (Lipinski definition) is 4. The number of carboxylic acids is 1. The molecule has 24 heavy (non-hydrogen) atoms. The summed E-state index contributed by atoms with van der Waals surface area (Å²) in [6.45, 7) is 0.550. The minimum Gasteiger partial charge on any atom is -0.480 e. The largest absolute Gasteiger partial charge is 0.480 e. The number of benzene rings is 1. The molecule has 3 atom stereocenters. The van der Waals surface area contributed by atoms with E-state index >= 15 is 0 Å². The molecule has 5 heteroatoms. The van der Waals surface area contributed by atoms with Gasteiger partial charge in [0.15, 0.2) is 0 Å². The van der Waals surface area contributed by atoms with E-state index < -0.39 is 12.0 Å². The Balaban J connectivity index is 1.55. The molecule has 126 valence electrons. The summed E-state index contributed by atoms with van der Waals surface area (Å²) < 4.78 is 5.61. The molecular weight excluding hydrogens is 304 g/mol. The fourth-order valence-electron chi connectivity index (χ4n) is 4.30. The van der Waals surface area contributed by atoms with Gasteiger partial charge in [0, 0.05) is 18.2 Å². The van der Waals surface area contributed by atoms with Gasteiger partial charge >= 0.3 is 5.97 Å². The predicted octanol–water partition coefficient (Wildman–Crippen LogP) is 3.56. The maximum atomic E-state index is 11.7. The van der Waals surface area contributed by atoms with Gasteiger partial charge in [-0.25, -0.2) is 4.98 Å². The molecule has 2 aliphatic rings. The maximum absolute atomic E-state index is 11.7. The Morgan fingerprint density at radius 1 is 1.25 bits per heavy atom. The van der Waals surface area contributed by atoms with Gasteiger partial charge in [0.1, 0.15) is 12.3 Å². The zero-order valence-electron chi connectivity index (χ0n) is 13.6. The van der Waals surface area contributed by atoms with E-state index in [1.165, 1.54) is 12.8 Å². The van der Waals surface area contributed by atoms with Gasteiger partial charge in [-0.1, -0.05) is 31.0 Å². The van der Waals surface area contributed by atoms with Gasteiger partial charge in [-0.3, -0.25) is 9.69 Å². The number of aromatic nitrogens is 1. The third kappa shape index (κ3) is 2.84. The molecule has 1 aliphatic heterocycles. The van der Waals surface area contributed by atoms with Crippen LogP contribution < -0.4 is 0 Å². The molecule has 2 fully saturated rings. The van der Waals surface area contributed by atoms with Crippen LogP contribution in [0.25, 0.3) is 11.5 Å². The van der Waals surface area contributed by atoms with Crippen molar-refractivity contribution in [1.82, 2.24) is 9.88 Å². The standard InChI is InChI=1S/C19H22N2O3/c22-19(23)17-10-14-8-4-5-9-16(14)21(17)11-15-12-24-18(20-15)13-6-2-1-3-7-13/h1-3,6-7,12,14,16-17H,4-5,8-11H2,(H,22,23)/t14-,16+,17-/m0/s1. The summed E-state index contributed by atoms with van der Waals surface area (Å²) in [7, 11) is 0. The van der Waals surface area contributed by atoms with Crippen molar-refractivity contribution >= 4 is 5.97 Å². The zero-order chi connectivity index (χ0) is 16.5. The first-order valence-electron chi connectivity index (χ1n) is 8.71. The van der Waals surface area contributed by atoms with Crippen molar-refractivity contribution in [2.24, 2.45) is 5.92 Å². The molecule has 0 unspecified atom stereocenters. The van der Waals surface area contributed by atoms with Crippen LogP contribution in [0.3, 0.4) is 0 Å². The van der Waals surface area contributed by atoms with Crippen LogP contribution in [0.5, 0.6) is 0 Å². The molecule has 1 saturated heterocycles. The van der Waals surface area contributed by atoms with Crippen LogP contribution in [-0.4, -0.2) is 33.0 Å². The Morgan fingerprint density at radius 2 is 2.04 bits per heavy atom. The van der Waals surface area contributed by atoms with E-state index in [0.717, 1.165) is 30.5 Å². The van der Waals surface area contributed by atoms with Crippen LogP contribution in [0, 0.1) is 5.92 Å². The summed E-state index contributed by atoms with van der Waals surface area (Å²) in [5.74, 6) is 0.397. The number of carbonyl (C=O) groups is 1. The van der Waals surface area contributed by atoms with Crippen molar-refractivity contribution in [2.45, 2.75) is 50.7 Å². The molecule has 1 N–H and O–H groups in total. The Hall–Kier alpha value is -2.14. The second kappa shape index (κ2) is 6.40. The number of rotatable bonds is 4. The summed E-state index contributed by atoms with van der Waals surface area (Å²) in [5, 5.41) is 9.61. The minimum atomic E-state index is -0.712. The van der Waals surface area contributed by atoms with E-state index in [2.05, 4.69) is 9.88 Å². The van der Waals surface area contributed by atoms with E-state index in [9.17, 15) is 9.90 Å². The molecule has 1 saturated carbocycles. The van der Waals surface area contributed by atoms with Crippen LogP contribution in [0.4, 0.5) is 0 Å². The fraction of sp³-hybridized carbons (Fsp3) is 0.474. The first kappa shape index (κ1) is 15.4. The van der Waals surface area contributed by atoms with Crippen LogP contribution >= 0.6 is 0 Å². The van der Waals surface area contributed by atoms with Gasteiger partial charge in [-0.15, -0.1) is 0 Å². The second-order valence-electron chi connectivity index (χ2n) is 6.88. The van der Waals surface area contributed by atoms with E-state index in [0.29, 0.717) is 24.4 Å². The minimum absolute atomic E-state index is 0.372. The third-order valence-electron chi connectivity index (χ3n) is 5.42. The fourth-order valence-corrected chi connectivity index (χ4v) is 4.30. The predicted molar refractivity (Wildman–Crippen MR) is 89.3 cm³/mol. The highest BCUT2D eigenvalue weighted by Crippen LogP contribution is 2.40. The van der Waals surface area contributed by atoms with E-state index in [-0.39, 0.29) is 0 Å². The highest BCUT2D eigenvalue weighted by atomic mass is 16.4. The third-order valence-corrected chi connectivity index (χ3v) is 5.42. The summed E-state index contributed by atoms with van der Waals surface area (Å²) in [6, 6.07) is 9.76. The lowest BCUT2D eigenvalue weighted by Gasteiger charge is -2.32. The molecule has 1 aromatic heterocycles. The van der Waals surface area contributed by atoms with Crippen LogP contribution in [0.2, 0.25) is 0 Å². The Labute approximate surface area is 141 Å². The molecule has 4 rings (SSSR count). The smallest absolute Gasteiger partial charge is 0.320 e. The number of aliphatic carboxylic acids is 1. The number of carboxylic acid groups (broad SMARTS) is 1. The molecule has 0 spiro atoms. The van der Waals surface area contributed by atoms with Crippen LogP contribution in [0.1, 0.15) is 37.8 Å². The van der Waals surface area contributed by atoms with Crippen molar-refractivity contribution in [3.63, 3.8) is 0 Å². The molecule has 2 heterocycles. The Morgan fingerprint density at radius 3 is 2.83 bits per heavy atom. The lowest BCUT2D eigenvalue weighted by molar-refractivity contribution is -0.142. The van der Waals surface area contributed by atoms with E-state index in [1.807, 2.05) is 30.3 Å². The van der Waals surface area contributed by atoms with Gasteiger partial charge in [0.2, 0.25) is 5.89 Å². The van der Waals surface area contributed by atoms with Gasteiger partial charge in [0.05, 0.1) is 5.69 Å². The molecular formula is C19H22N2O3. The lowest BCUT2D eigenvalue weighted by atomic mass is 9.85. The first-order valence-corrected chi connectivity index (χ1v) is 8.71. The van der Waals surface area contributed by atoms with Crippen molar-refractivity contribution in [2.75, 3.05) is 0 Å². The molecule has 0 radical (unpaired) electrons. The monoisotopic (exact) mass is 326 g/mol. The van der Waals surface area contributed by atoms with Crippen molar-refractivity contribution < 1.29 is 14.3 Å². The Kier molecular flexibility index (Phi) is 4.10. The Bertz CT molecular complexity index is 712. The molecule has 2 aromatic rings. The average Bonchev–Trinajstić information content (AvgIpc) is 3.21. The van der Waals surface area contributed by atoms with Crippen LogP contribution in [-0.2, 0) is 11.3 Å². The second-order valence-corrected chi connectivity index (χ2v) is 6.88. The van der Waals surface area contributed by atoms with E-state index in [4.69, 9.17) is 4.42 Å². The average molecular weight is 326 g/mol. The van der Waals surface area contributed by atoms with Gasteiger partial charge < -0.3 is 9.52 Å². The summed E-state index contributed by atoms with van der Waals surface area (Å²) in [6.07, 6.45) is 7.10. The van der Waals surface area contributed by atoms with Crippen LogP contribution in [0.15, 0.2) is 41.0 Å². The highest BCUT2D eigenvalue weighted by molar-refractivity contribution is 5.74. The summed E-state index contributed by atoms with van der Waals surface area (Å²) >= 11 is 0. The number of hydrogen-bond donors (Lipinski definition) is 1. The molecule has 1 aromatic carbocycles. The number of nitrogens with zero attached hydrogens (tertiary/aromatic N) is 2. The highest BCUT2D eigenvalue weighted by Gasteiger charge is 2.45. The topological polar surface area (TPSA) is 66.6 Å². The molecule has 5 nitrogen and oxygen atoms in total. The number of fused-ring (bicyclic) bond motifs is 1. The SMILES string of the molecule is O=C(O)[C@@H]1C[C@@H]2CCCC[C@H]2N1Cc1coc(-c2ccccc2)n1. The summed E-state index contributed by atoms with van der Waals surface area (Å²) in [5.41, 5.74) is 1.75. The van der Waals surface area contributed by atoms with E-state index in [1.54, 1.807) is 6.26 Å². The van der Waals surface area contributed by atoms with Crippen molar-refractivity contribution in [3.8, 4) is 11.5 Å². The van der Waals surface area contributed by atoms with Gasteiger partial charge in [-0.05, 0) is 37.3 Å². The van der Waals surface area contributed by atoms with Crippen molar-refractivity contribution in [1.29, 1.82) is 0 Å². The summed E-state index contributed by atoms with van der Waals surface area (Å²) in [4.78, 5) is 18.4. The zero-order valence-corrected chi connectivity index (χ0v) is 13.6. The molecule has 1 aliphatic carbocycles. The number of oxazole rings is 1. The quantitative estimate of drug-likeness (QED) is 0.930. The maximum Gasteiger partial charge on any atom is 0.320 e. The van der Waals surface area contributed by atoms with Crippen molar-refractivity contribution in [3.05, 3.63) is 42.3 Å². The van der Waals surface area contributed by atoms with Gasteiger partial charge in [-0.2, -0.15) is 0 Å². The van der Waals surface area contributed by atoms with Gasteiger partial charge in [0.25, 0.3) is 0 Å². The molecule has 0 bridgehead atoms. The normalized spacial score (nSPS) is 27.1. The number of likely N-dealkylation sites (tertiary alicyclic amines) is 1. The molecule has 0 amide bonds. The lowest BCUT2D eigenvalue weighted by Crippen LogP contribution is -2.41.